The summed E-state index contributed by atoms with van der Waals surface area (Å²) in [6, 6.07) is 18.0. The number of fused-ring (bicyclic) bond motifs is 3. The van der Waals surface area contributed by atoms with Crippen molar-refractivity contribution in [3.63, 3.8) is 0 Å². The number of aryl methyl sites for hydroxylation is 2. The Kier molecular flexibility index (Phi) is 7.21. The van der Waals surface area contributed by atoms with E-state index in [1.165, 1.54) is 43.6 Å². The predicted molar refractivity (Wildman–Crippen MR) is 130 cm³/mol. The average molecular weight is 483 g/mol. The molecule has 1 atom stereocenters. The molecule has 3 aromatic rings. The normalized spacial score (nSPS) is 21.4. The van der Waals surface area contributed by atoms with Crippen molar-refractivity contribution in [1.82, 2.24) is 10.2 Å². The van der Waals surface area contributed by atoms with Gasteiger partial charge in [-0.15, -0.1) is 0 Å². The van der Waals surface area contributed by atoms with Crippen molar-refractivity contribution < 1.29 is 22.2 Å². The number of nitrogens with zero attached hydrogens (tertiary/aromatic N) is 1. The molecule has 2 aromatic carbocycles. The molecular formula is C26H30N2O5S. The molecule has 3 aliphatic rings. The number of nitrogens with one attached hydrogen (secondary N) is 1. The Bertz CT molecular complexity index is 1240. The van der Waals surface area contributed by atoms with Crippen LogP contribution in [0, 0.1) is 19.8 Å². The lowest BCUT2D eigenvalue weighted by Gasteiger charge is -2.44. The second-order valence-corrected chi connectivity index (χ2v) is 10.5. The van der Waals surface area contributed by atoms with Gasteiger partial charge in [0.15, 0.2) is 5.76 Å². The zero-order valence-corrected chi connectivity index (χ0v) is 20.2. The zero-order valence-electron chi connectivity index (χ0n) is 19.4. The first-order chi connectivity index (χ1) is 16.2. The molecule has 6 rings (SSSR count). The van der Waals surface area contributed by atoms with Gasteiger partial charge in [-0.1, -0.05) is 41.5 Å². The monoisotopic (exact) mass is 482 g/mol. The van der Waals surface area contributed by atoms with E-state index >= 15 is 0 Å². The number of furan rings is 1. The van der Waals surface area contributed by atoms with E-state index in [0.29, 0.717) is 11.7 Å². The third-order valence-electron chi connectivity index (χ3n) is 6.42. The average Bonchev–Trinajstić information content (AvgIpc) is 3.31. The Morgan fingerprint density at radius 2 is 1.71 bits per heavy atom. The van der Waals surface area contributed by atoms with Crippen molar-refractivity contribution in [1.29, 1.82) is 0 Å². The van der Waals surface area contributed by atoms with E-state index in [1.54, 1.807) is 18.2 Å². The van der Waals surface area contributed by atoms with Gasteiger partial charge < -0.3 is 14.6 Å². The van der Waals surface area contributed by atoms with Crippen molar-refractivity contribution in [3.8, 4) is 11.3 Å². The van der Waals surface area contributed by atoms with Crippen molar-refractivity contribution in [3.05, 3.63) is 77.6 Å². The van der Waals surface area contributed by atoms with E-state index in [4.69, 9.17) is 8.97 Å². The van der Waals surface area contributed by atoms with Crippen LogP contribution in [0.4, 0.5) is 0 Å². The van der Waals surface area contributed by atoms with Gasteiger partial charge in [-0.3, -0.25) is 9.35 Å². The molecule has 3 saturated heterocycles. The lowest BCUT2D eigenvalue weighted by Crippen LogP contribution is -2.57. The molecule has 4 heterocycles. The van der Waals surface area contributed by atoms with Crippen LogP contribution in [0.3, 0.4) is 0 Å². The maximum absolute atomic E-state index is 12.5. The molecule has 3 aliphatic heterocycles. The smallest absolute Gasteiger partial charge is 0.294 e. The summed E-state index contributed by atoms with van der Waals surface area (Å²) in [7, 11) is -4.02. The number of amides is 1. The van der Waals surface area contributed by atoms with E-state index in [9.17, 15) is 13.2 Å². The summed E-state index contributed by atoms with van der Waals surface area (Å²) in [5.41, 5.74) is 3.14. The van der Waals surface area contributed by atoms with Gasteiger partial charge in [0.25, 0.3) is 16.0 Å². The molecule has 1 amide bonds. The van der Waals surface area contributed by atoms with Crippen LogP contribution >= 0.6 is 0 Å². The number of hydrogen-bond acceptors (Lipinski definition) is 5. The van der Waals surface area contributed by atoms with Crippen LogP contribution in [0.2, 0.25) is 0 Å². The fraction of sp³-hybridized carbons (Fsp3) is 0.346. The van der Waals surface area contributed by atoms with Crippen molar-refractivity contribution >= 4 is 16.0 Å². The summed E-state index contributed by atoms with van der Waals surface area (Å²) in [5.74, 6) is 1.67. The summed E-state index contributed by atoms with van der Waals surface area (Å²) in [4.78, 5) is 14.8. The highest BCUT2D eigenvalue weighted by molar-refractivity contribution is 7.85. The van der Waals surface area contributed by atoms with Gasteiger partial charge in [-0.25, -0.2) is 0 Å². The number of carbonyl (C=O) groups excluding carboxylic acids is 1. The minimum absolute atomic E-state index is 0.0666. The minimum Gasteiger partial charge on any atom is -0.451 e. The van der Waals surface area contributed by atoms with Crippen LogP contribution in [0.5, 0.6) is 0 Å². The SMILES string of the molecule is Cc1ccc(S(=O)(=O)O)cc1.Cc1cccc(-c2ccc(C(=O)N[C@H]3CN4CCC3CC4)o2)c1. The van der Waals surface area contributed by atoms with E-state index in [2.05, 4.69) is 16.3 Å². The highest BCUT2D eigenvalue weighted by Crippen LogP contribution is 2.28. The largest absolute Gasteiger partial charge is 0.451 e. The first-order valence-corrected chi connectivity index (χ1v) is 12.9. The van der Waals surface area contributed by atoms with E-state index < -0.39 is 10.1 Å². The zero-order chi connectivity index (χ0) is 24.3. The third-order valence-corrected chi connectivity index (χ3v) is 7.29. The molecule has 0 saturated carbocycles. The van der Waals surface area contributed by atoms with Gasteiger partial charge >= 0.3 is 0 Å². The molecule has 34 heavy (non-hydrogen) atoms. The summed E-state index contributed by atoms with van der Waals surface area (Å²) in [6.07, 6.45) is 2.38. The van der Waals surface area contributed by atoms with Gasteiger partial charge in [0.1, 0.15) is 5.76 Å². The van der Waals surface area contributed by atoms with Gasteiger partial charge in [-0.05, 0) is 76.0 Å². The van der Waals surface area contributed by atoms with Crippen LogP contribution in [-0.2, 0) is 10.1 Å². The highest BCUT2D eigenvalue weighted by Gasteiger charge is 2.35. The number of piperidine rings is 3. The number of rotatable bonds is 4. The minimum atomic E-state index is -4.02. The molecule has 0 radical (unpaired) electrons. The Hall–Kier alpha value is -2.94. The number of hydrogen-bond donors (Lipinski definition) is 2. The summed E-state index contributed by atoms with van der Waals surface area (Å²) >= 11 is 0. The summed E-state index contributed by atoms with van der Waals surface area (Å²) < 4.78 is 35.3. The number of benzene rings is 2. The molecule has 2 N–H and O–H groups in total. The second-order valence-electron chi connectivity index (χ2n) is 9.04. The lowest BCUT2D eigenvalue weighted by atomic mass is 9.84. The molecule has 2 bridgehead atoms. The lowest BCUT2D eigenvalue weighted by molar-refractivity contribution is 0.0606. The van der Waals surface area contributed by atoms with Crippen LogP contribution < -0.4 is 5.32 Å². The molecule has 0 unspecified atom stereocenters. The Morgan fingerprint density at radius 1 is 1.00 bits per heavy atom. The van der Waals surface area contributed by atoms with Crippen LogP contribution in [-0.4, -0.2) is 49.5 Å². The molecule has 8 heteroatoms. The highest BCUT2D eigenvalue weighted by atomic mass is 32.2. The Balaban J connectivity index is 0.000000210. The molecule has 180 valence electrons. The van der Waals surface area contributed by atoms with Crippen LogP contribution in [0.15, 0.2) is 70.0 Å². The molecule has 0 aliphatic carbocycles. The standard InChI is InChI=1S/C19H22N2O2.C7H8O3S/c1-13-3-2-4-15(11-13)17-5-6-18(23-17)19(22)20-16-12-21-9-7-14(16)8-10-21;1-6-2-4-7(5-3-6)11(8,9)10/h2-6,11,14,16H,7-10,12H2,1H3,(H,20,22);2-5H,1H3,(H,8,9,10)/t16-;/m0./s1. The molecule has 3 fully saturated rings. The molecule has 0 spiro atoms. The Labute approximate surface area is 200 Å². The maximum atomic E-state index is 12.5. The molecule has 1 aromatic heterocycles. The van der Waals surface area contributed by atoms with Crippen LogP contribution in [0.1, 0.15) is 34.5 Å². The fourth-order valence-corrected chi connectivity index (χ4v) is 4.97. The quantitative estimate of drug-likeness (QED) is 0.537. The van der Waals surface area contributed by atoms with E-state index in [-0.39, 0.29) is 16.8 Å². The Morgan fingerprint density at radius 3 is 2.29 bits per heavy atom. The topological polar surface area (TPSA) is 99.8 Å². The van der Waals surface area contributed by atoms with Gasteiger partial charge in [0, 0.05) is 18.2 Å². The van der Waals surface area contributed by atoms with Crippen LogP contribution in [0.25, 0.3) is 11.3 Å². The predicted octanol–water partition coefficient (Wildman–Crippen LogP) is 4.32. The molecule has 7 nitrogen and oxygen atoms in total. The second kappa shape index (κ2) is 10.1. The first kappa shape index (κ1) is 24.2. The maximum Gasteiger partial charge on any atom is 0.294 e. The van der Waals surface area contributed by atoms with Crippen molar-refractivity contribution in [2.24, 2.45) is 5.92 Å². The van der Waals surface area contributed by atoms with Crippen molar-refractivity contribution in [2.45, 2.75) is 37.6 Å². The summed E-state index contributed by atoms with van der Waals surface area (Å²) in [6.45, 7) is 7.22. The van der Waals surface area contributed by atoms with Gasteiger partial charge in [0.05, 0.1) is 4.90 Å². The summed E-state index contributed by atoms with van der Waals surface area (Å²) in [5, 5.41) is 3.17. The van der Waals surface area contributed by atoms with E-state index in [1.807, 2.05) is 38.1 Å². The molecular weight excluding hydrogens is 452 g/mol. The van der Waals surface area contributed by atoms with E-state index in [0.717, 1.165) is 23.4 Å². The van der Waals surface area contributed by atoms with Gasteiger partial charge in [0.2, 0.25) is 0 Å². The third kappa shape index (κ3) is 5.94. The first-order valence-electron chi connectivity index (χ1n) is 11.4. The van der Waals surface area contributed by atoms with Crippen molar-refractivity contribution in [2.75, 3.05) is 19.6 Å². The van der Waals surface area contributed by atoms with Gasteiger partial charge in [-0.2, -0.15) is 8.42 Å². The fourth-order valence-electron chi connectivity index (χ4n) is 4.49. The number of carbonyl (C=O) groups is 1.